The van der Waals surface area contributed by atoms with Gasteiger partial charge >= 0.3 is 0 Å². The van der Waals surface area contributed by atoms with Gasteiger partial charge in [-0.25, -0.2) is 14.4 Å². The average molecular weight is 415 g/mol. The first-order valence-electron chi connectivity index (χ1n) is 8.11. The highest BCUT2D eigenvalue weighted by molar-refractivity contribution is 8.00. The van der Waals surface area contributed by atoms with Crippen molar-refractivity contribution in [1.29, 1.82) is 0 Å². The summed E-state index contributed by atoms with van der Waals surface area (Å²) in [5.74, 6) is -0.816. The van der Waals surface area contributed by atoms with Gasteiger partial charge in [-0.15, -0.1) is 5.10 Å². The van der Waals surface area contributed by atoms with Crippen LogP contribution in [0.2, 0.25) is 5.02 Å². The van der Waals surface area contributed by atoms with Crippen molar-refractivity contribution in [3.63, 3.8) is 0 Å². The van der Waals surface area contributed by atoms with E-state index in [0.29, 0.717) is 26.9 Å². The first kappa shape index (κ1) is 18.3. The Balaban J connectivity index is 1.53. The lowest BCUT2D eigenvalue weighted by atomic mass is 10.3. The molecule has 4 rings (SSSR count). The maximum atomic E-state index is 13.6. The molecule has 4 aromatic rings. The fraction of sp³-hybridized carbons (Fsp3) is 0.0556. The third-order valence-corrected chi connectivity index (χ3v) is 4.96. The van der Waals surface area contributed by atoms with Gasteiger partial charge in [-0.05, 0) is 30.3 Å². The number of rotatable bonds is 5. The molecule has 28 heavy (non-hydrogen) atoms. The van der Waals surface area contributed by atoms with Crippen LogP contribution in [0, 0.1) is 5.82 Å². The van der Waals surface area contributed by atoms with Crippen molar-refractivity contribution in [2.24, 2.45) is 0 Å². The van der Waals surface area contributed by atoms with Crippen LogP contribution in [-0.4, -0.2) is 36.6 Å². The van der Waals surface area contributed by atoms with E-state index in [2.05, 4.69) is 25.6 Å². The first-order chi connectivity index (χ1) is 13.6. The fourth-order valence-electron chi connectivity index (χ4n) is 2.50. The number of para-hydroxylation sites is 1. The van der Waals surface area contributed by atoms with Crippen molar-refractivity contribution in [2.75, 3.05) is 11.1 Å². The lowest BCUT2D eigenvalue weighted by molar-refractivity contribution is -0.113. The number of nitrogens with zero attached hydrogens (tertiary/aromatic N) is 5. The number of anilines is 1. The minimum absolute atomic E-state index is 0.0322. The number of halogens is 2. The third-order valence-electron chi connectivity index (χ3n) is 3.74. The number of benzene rings is 2. The number of hydrogen-bond acceptors (Lipinski definition) is 6. The highest BCUT2D eigenvalue weighted by Crippen LogP contribution is 2.25. The molecule has 2 aromatic carbocycles. The maximum absolute atomic E-state index is 13.6. The molecule has 0 aliphatic carbocycles. The summed E-state index contributed by atoms with van der Waals surface area (Å²) in [4.78, 5) is 20.6. The van der Waals surface area contributed by atoms with E-state index in [-0.39, 0.29) is 17.3 Å². The van der Waals surface area contributed by atoms with Crippen LogP contribution in [0.4, 0.5) is 10.1 Å². The molecule has 0 aliphatic heterocycles. The Kier molecular flexibility index (Phi) is 5.18. The summed E-state index contributed by atoms with van der Waals surface area (Å²) >= 11 is 7.20. The first-order valence-corrected chi connectivity index (χ1v) is 9.48. The number of carbonyl (C=O) groups is 1. The lowest BCUT2D eigenvalue weighted by Crippen LogP contribution is -2.15. The van der Waals surface area contributed by atoms with Crippen molar-refractivity contribution < 1.29 is 9.18 Å². The van der Waals surface area contributed by atoms with Gasteiger partial charge in [0.1, 0.15) is 17.2 Å². The Bertz CT molecular complexity index is 1170. The van der Waals surface area contributed by atoms with E-state index < -0.39 is 5.82 Å². The molecule has 0 saturated carbocycles. The van der Waals surface area contributed by atoms with Crippen LogP contribution in [0.15, 0.2) is 59.9 Å². The lowest BCUT2D eigenvalue weighted by Gasteiger charge is -2.06. The number of fused-ring (bicyclic) bond motifs is 1. The van der Waals surface area contributed by atoms with Gasteiger partial charge in [0, 0.05) is 5.02 Å². The molecular weight excluding hydrogens is 403 g/mol. The molecule has 0 bridgehead atoms. The second kappa shape index (κ2) is 7.91. The Morgan fingerprint density at radius 2 is 2.04 bits per heavy atom. The van der Waals surface area contributed by atoms with Gasteiger partial charge < -0.3 is 5.32 Å². The van der Waals surface area contributed by atoms with E-state index in [9.17, 15) is 9.18 Å². The van der Waals surface area contributed by atoms with Crippen LogP contribution in [0.1, 0.15) is 0 Å². The van der Waals surface area contributed by atoms with Crippen molar-refractivity contribution in [3.05, 3.63) is 65.7 Å². The highest BCUT2D eigenvalue weighted by atomic mass is 35.5. The van der Waals surface area contributed by atoms with Gasteiger partial charge in [-0.2, -0.15) is 4.68 Å². The molecule has 7 nitrogen and oxygen atoms in total. The van der Waals surface area contributed by atoms with Crippen molar-refractivity contribution in [2.45, 2.75) is 5.03 Å². The second-order valence-corrected chi connectivity index (χ2v) is 7.05. The van der Waals surface area contributed by atoms with E-state index >= 15 is 0 Å². The molecule has 0 radical (unpaired) electrons. The molecule has 0 aliphatic rings. The summed E-state index contributed by atoms with van der Waals surface area (Å²) in [5.41, 5.74) is 1.80. The van der Waals surface area contributed by atoms with E-state index in [4.69, 9.17) is 11.6 Å². The largest absolute Gasteiger partial charge is 0.323 e. The molecule has 2 aromatic heterocycles. The molecule has 0 spiro atoms. The molecule has 1 amide bonds. The molecule has 0 unspecified atom stereocenters. The van der Waals surface area contributed by atoms with Crippen LogP contribution >= 0.6 is 23.4 Å². The molecular formula is C18H12ClFN6OS. The van der Waals surface area contributed by atoms with Gasteiger partial charge in [0.25, 0.3) is 0 Å². The summed E-state index contributed by atoms with van der Waals surface area (Å²) < 4.78 is 15.2. The van der Waals surface area contributed by atoms with Gasteiger partial charge in [0.15, 0.2) is 11.2 Å². The molecule has 0 fully saturated rings. The van der Waals surface area contributed by atoms with Crippen LogP contribution in [0.5, 0.6) is 0 Å². The van der Waals surface area contributed by atoms with Crippen molar-refractivity contribution in [1.82, 2.24) is 25.0 Å². The van der Waals surface area contributed by atoms with Crippen molar-refractivity contribution >= 4 is 46.1 Å². The van der Waals surface area contributed by atoms with Crippen LogP contribution in [0.3, 0.4) is 0 Å². The Labute approximate surface area is 167 Å². The van der Waals surface area contributed by atoms with Crippen molar-refractivity contribution in [3.8, 4) is 5.69 Å². The molecule has 2 heterocycles. The normalized spacial score (nSPS) is 10.9. The molecule has 0 saturated heterocycles. The van der Waals surface area contributed by atoms with Gasteiger partial charge in [-0.1, -0.05) is 46.8 Å². The zero-order valence-electron chi connectivity index (χ0n) is 14.2. The standard InChI is InChI=1S/C18H12ClFN6OS/c19-11-4-3-5-12(8-11)26-17-16(24-25-26)18(22-10-21-17)28-9-15(27)23-14-7-2-1-6-13(14)20/h1-8,10H,9H2,(H,23,27). The van der Waals surface area contributed by atoms with Gasteiger partial charge in [-0.3, -0.25) is 4.79 Å². The van der Waals surface area contributed by atoms with E-state index in [0.717, 1.165) is 0 Å². The summed E-state index contributed by atoms with van der Waals surface area (Å²) in [5, 5.41) is 11.8. The number of carbonyl (C=O) groups excluding carboxylic acids is 1. The summed E-state index contributed by atoms with van der Waals surface area (Å²) in [6.07, 6.45) is 1.38. The number of thioether (sulfide) groups is 1. The Morgan fingerprint density at radius 3 is 2.86 bits per heavy atom. The predicted molar refractivity (Wildman–Crippen MR) is 105 cm³/mol. The summed E-state index contributed by atoms with van der Waals surface area (Å²) in [6, 6.07) is 13.1. The molecule has 10 heteroatoms. The van der Waals surface area contributed by atoms with E-state index in [1.54, 1.807) is 35.0 Å². The Morgan fingerprint density at radius 1 is 1.18 bits per heavy atom. The molecule has 0 atom stereocenters. The average Bonchev–Trinajstić information content (AvgIpc) is 3.13. The summed E-state index contributed by atoms with van der Waals surface area (Å²) in [6.45, 7) is 0. The maximum Gasteiger partial charge on any atom is 0.234 e. The smallest absolute Gasteiger partial charge is 0.234 e. The monoisotopic (exact) mass is 414 g/mol. The molecule has 1 N–H and O–H groups in total. The quantitative estimate of drug-likeness (QED) is 0.395. The highest BCUT2D eigenvalue weighted by Gasteiger charge is 2.15. The number of aromatic nitrogens is 5. The zero-order chi connectivity index (χ0) is 19.5. The minimum Gasteiger partial charge on any atom is -0.323 e. The van der Waals surface area contributed by atoms with Crippen LogP contribution < -0.4 is 5.32 Å². The number of hydrogen-bond donors (Lipinski definition) is 1. The van der Waals surface area contributed by atoms with Crippen LogP contribution in [0.25, 0.3) is 16.9 Å². The number of amides is 1. The van der Waals surface area contributed by atoms with Gasteiger partial charge in [0.2, 0.25) is 5.91 Å². The summed E-state index contributed by atoms with van der Waals surface area (Å²) in [7, 11) is 0. The third kappa shape index (κ3) is 3.80. The predicted octanol–water partition coefficient (Wildman–Crippen LogP) is 3.73. The SMILES string of the molecule is O=C(CSc1ncnc2c1nnn2-c1cccc(Cl)c1)Nc1ccccc1F. The van der Waals surface area contributed by atoms with E-state index in [1.165, 1.54) is 30.2 Å². The fourth-order valence-corrected chi connectivity index (χ4v) is 3.41. The van der Waals surface area contributed by atoms with E-state index in [1.807, 2.05) is 6.07 Å². The molecule has 140 valence electrons. The number of nitrogens with one attached hydrogen (secondary N) is 1. The van der Waals surface area contributed by atoms with Gasteiger partial charge in [0.05, 0.1) is 17.1 Å². The van der Waals surface area contributed by atoms with Crippen LogP contribution in [-0.2, 0) is 4.79 Å². The minimum atomic E-state index is -0.491. The zero-order valence-corrected chi connectivity index (χ0v) is 15.8. The second-order valence-electron chi connectivity index (χ2n) is 5.65. The topological polar surface area (TPSA) is 85.6 Å². The Hall–Kier alpha value is -3.04.